The number of carbonyl (C=O) groups is 3. The van der Waals surface area contributed by atoms with Crippen LogP contribution in [0, 0.1) is 11.7 Å². The van der Waals surface area contributed by atoms with Gasteiger partial charge in [0.25, 0.3) is 0 Å². The number of carbonyl (C=O) groups excluding carboxylic acids is 3. The molecule has 2 fully saturated rings. The third-order valence-corrected chi connectivity index (χ3v) is 8.52. The summed E-state index contributed by atoms with van der Waals surface area (Å²) in [4.78, 5) is 52.7. The van der Waals surface area contributed by atoms with Crippen LogP contribution in [0.2, 0.25) is 0 Å². The second-order valence-electron chi connectivity index (χ2n) is 11.9. The first-order valence-electron chi connectivity index (χ1n) is 15.0. The maximum Gasteiger partial charge on any atom is 0.247 e. The van der Waals surface area contributed by atoms with E-state index in [1.165, 1.54) is 12.1 Å². The van der Waals surface area contributed by atoms with Crippen molar-refractivity contribution in [2.75, 3.05) is 20.1 Å². The summed E-state index contributed by atoms with van der Waals surface area (Å²) < 4.78 is 13.6. The Bertz CT molecular complexity index is 1430. The second kappa shape index (κ2) is 12.6. The highest BCUT2D eigenvalue weighted by atomic mass is 19.1. The summed E-state index contributed by atoms with van der Waals surface area (Å²) in [7, 11) is 1.72. The Morgan fingerprint density at radius 3 is 2.57 bits per heavy atom. The maximum absolute atomic E-state index is 14.3. The highest BCUT2D eigenvalue weighted by Crippen LogP contribution is 2.39. The lowest BCUT2D eigenvalue weighted by Crippen LogP contribution is -2.60. The molecule has 0 bridgehead atoms. The van der Waals surface area contributed by atoms with Crippen molar-refractivity contribution in [3.8, 4) is 11.1 Å². The van der Waals surface area contributed by atoms with E-state index in [1.807, 2.05) is 43.9 Å². The number of imidazole rings is 1. The maximum atomic E-state index is 14.3. The van der Waals surface area contributed by atoms with Crippen molar-refractivity contribution in [1.82, 2.24) is 30.4 Å². The molecule has 224 valence electrons. The molecule has 42 heavy (non-hydrogen) atoms. The van der Waals surface area contributed by atoms with Crippen molar-refractivity contribution in [3.63, 3.8) is 0 Å². The smallest absolute Gasteiger partial charge is 0.247 e. The number of hydrogen-bond donors (Lipinski definition) is 3. The quantitative estimate of drug-likeness (QED) is 0.373. The third-order valence-electron chi connectivity index (χ3n) is 8.52. The Morgan fingerprint density at radius 1 is 1.12 bits per heavy atom. The molecule has 2 aliphatic heterocycles. The highest BCUT2D eigenvalue weighted by Gasteiger charge is 2.44. The lowest BCUT2D eigenvalue weighted by molar-refractivity contribution is -0.144. The number of aromatic amines is 1. The van der Waals surface area contributed by atoms with E-state index in [0.717, 1.165) is 35.0 Å². The molecule has 5 rings (SSSR count). The number of H-pyrrole nitrogens is 1. The van der Waals surface area contributed by atoms with Gasteiger partial charge in [0.15, 0.2) is 0 Å². The summed E-state index contributed by atoms with van der Waals surface area (Å²) in [6.07, 6.45) is 3.14. The van der Waals surface area contributed by atoms with Crippen LogP contribution >= 0.6 is 0 Å². The van der Waals surface area contributed by atoms with Gasteiger partial charge < -0.3 is 25.4 Å². The number of likely N-dealkylation sites (N-methyl/N-ethyl adjacent to an activating group) is 1. The molecule has 0 radical (unpaired) electrons. The zero-order chi connectivity index (χ0) is 30.0. The minimum Gasteiger partial charge on any atom is -0.341 e. The molecule has 3 aromatic rings. The largest absolute Gasteiger partial charge is 0.341 e. The number of nitrogens with zero attached hydrogens (tertiary/aromatic N) is 3. The fourth-order valence-corrected chi connectivity index (χ4v) is 6.32. The number of hydrogen-bond acceptors (Lipinski definition) is 5. The van der Waals surface area contributed by atoms with E-state index in [4.69, 9.17) is 4.98 Å². The average Bonchev–Trinajstić information content (AvgIpc) is 3.58. The van der Waals surface area contributed by atoms with Gasteiger partial charge >= 0.3 is 0 Å². The first-order valence-corrected chi connectivity index (χ1v) is 15.0. The van der Waals surface area contributed by atoms with E-state index < -0.39 is 12.1 Å². The number of amides is 3. The molecule has 3 heterocycles. The molecule has 2 aromatic carbocycles. The Kier molecular flexibility index (Phi) is 8.91. The number of aromatic nitrogens is 2. The van der Waals surface area contributed by atoms with Gasteiger partial charge in [0.1, 0.15) is 17.7 Å². The first-order chi connectivity index (χ1) is 20.2. The van der Waals surface area contributed by atoms with E-state index >= 15 is 0 Å². The van der Waals surface area contributed by atoms with Gasteiger partial charge in [0.2, 0.25) is 17.7 Å². The number of rotatable bonds is 8. The summed E-state index contributed by atoms with van der Waals surface area (Å²) in [5.41, 5.74) is 3.34. The predicted octanol–water partition coefficient (Wildman–Crippen LogP) is 4.16. The van der Waals surface area contributed by atoms with Crippen LogP contribution in [-0.2, 0) is 14.4 Å². The summed E-state index contributed by atoms with van der Waals surface area (Å²) in [5.74, 6) is 0.146. The molecule has 2 aliphatic rings. The van der Waals surface area contributed by atoms with Gasteiger partial charge in [-0.25, -0.2) is 9.37 Å². The van der Waals surface area contributed by atoms with E-state index in [0.29, 0.717) is 31.6 Å². The standard InChI is InChI=1S/C32H41FN6O3/c1-5-24(34-4)31(41)36-26-18-38(28(40)17-19(2)3)16-15-22-13-14-27(39(22)32(26)42)30-35-25-8-6-7-23(29(25)37-30)20-9-11-21(33)12-10-20/h6-12,19,22,24,26-27,34H,5,13-18H2,1-4H3,(H,35,37)(H,36,41)/t22-,24+,26+,27+/m1/s1. The normalized spacial score (nSPS) is 21.8. The number of fused-ring (bicyclic) bond motifs is 2. The Balaban J connectivity index is 1.47. The van der Waals surface area contributed by atoms with E-state index in [2.05, 4.69) is 15.6 Å². The molecule has 10 heteroatoms. The summed E-state index contributed by atoms with van der Waals surface area (Å²) in [5, 5.41) is 5.98. The lowest BCUT2D eigenvalue weighted by atomic mass is 10.0. The summed E-state index contributed by atoms with van der Waals surface area (Å²) in [6.45, 7) is 6.58. The summed E-state index contributed by atoms with van der Waals surface area (Å²) >= 11 is 0. The fourth-order valence-electron chi connectivity index (χ4n) is 6.32. The van der Waals surface area contributed by atoms with Crippen LogP contribution in [0.25, 0.3) is 22.2 Å². The molecule has 2 saturated heterocycles. The molecular weight excluding hydrogens is 535 g/mol. The molecule has 9 nitrogen and oxygen atoms in total. The minimum absolute atomic E-state index is 0.00584. The monoisotopic (exact) mass is 576 g/mol. The van der Waals surface area contributed by atoms with Crippen LogP contribution in [0.4, 0.5) is 4.39 Å². The van der Waals surface area contributed by atoms with Crippen molar-refractivity contribution in [2.24, 2.45) is 5.92 Å². The predicted molar refractivity (Wildman–Crippen MR) is 160 cm³/mol. The van der Waals surface area contributed by atoms with Crippen molar-refractivity contribution in [1.29, 1.82) is 0 Å². The molecule has 1 aromatic heterocycles. The van der Waals surface area contributed by atoms with Crippen molar-refractivity contribution in [2.45, 2.75) is 77.0 Å². The molecule has 3 N–H and O–H groups in total. The van der Waals surface area contributed by atoms with Gasteiger partial charge in [0.05, 0.1) is 23.1 Å². The van der Waals surface area contributed by atoms with Gasteiger partial charge in [-0.15, -0.1) is 0 Å². The van der Waals surface area contributed by atoms with Crippen LogP contribution in [0.1, 0.15) is 64.7 Å². The molecule has 0 spiro atoms. The molecule has 0 aliphatic carbocycles. The van der Waals surface area contributed by atoms with Gasteiger partial charge in [-0.2, -0.15) is 0 Å². The lowest BCUT2D eigenvalue weighted by Gasteiger charge is -2.39. The van der Waals surface area contributed by atoms with Gasteiger partial charge in [-0.3, -0.25) is 14.4 Å². The van der Waals surface area contributed by atoms with Crippen LogP contribution in [-0.4, -0.2) is 75.8 Å². The van der Waals surface area contributed by atoms with E-state index in [1.54, 1.807) is 24.1 Å². The minimum atomic E-state index is -0.862. The topological polar surface area (TPSA) is 110 Å². The van der Waals surface area contributed by atoms with Crippen LogP contribution in [0.15, 0.2) is 42.5 Å². The number of halogens is 1. The van der Waals surface area contributed by atoms with Crippen LogP contribution in [0.3, 0.4) is 0 Å². The average molecular weight is 577 g/mol. The zero-order valence-corrected chi connectivity index (χ0v) is 24.8. The fraction of sp³-hybridized carbons (Fsp3) is 0.500. The van der Waals surface area contributed by atoms with Crippen molar-refractivity contribution < 1.29 is 18.8 Å². The number of benzene rings is 2. The van der Waals surface area contributed by atoms with Crippen LogP contribution < -0.4 is 10.6 Å². The van der Waals surface area contributed by atoms with E-state index in [9.17, 15) is 18.8 Å². The molecular formula is C32H41FN6O3. The van der Waals surface area contributed by atoms with E-state index in [-0.39, 0.29) is 48.1 Å². The van der Waals surface area contributed by atoms with Crippen molar-refractivity contribution >= 4 is 28.8 Å². The zero-order valence-electron chi connectivity index (χ0n) is 24.8. The Labute approximate surface area is 246 Å². The van der Waals surface area contributed by atoms with Crippen molar-refractivity contribution in [3.05, 3.63) is 54.1 Å². The van der Waals surface area contributed by atoms with Crippen LogP contribution in [0.5, 0.6) is 0 Å². The number of para-hydroxylation sites is 1. The third kappa shape index (κ3) is 6.04. The SMILES string of the molecule is CC[C@H](NC)C(=O)N[C@H]1CN(C(=O)CC(C)C)CC[C@H]2CC[C@@H](c3nc4c(-c5ccc(F)cc5)cccc4[nH]3)N2C1=O. The summed E-state index contributed by atoms with van der Waals surface area (Å²) in [6, 6.07) is 10.5. The molecule has 4 atom stereocenters. The second-order valence-corrected chi connectivity index (χ2v) is 11.9. The van der Waals surface area contributed by atoms with Gasteiger partial charge in [-0.05, 0) is 62.4 Å². The number of nitrogens with one attached hydrogen (secondary N) is 3. The Morgan fingerprint density at radius 2 is 1.88 bits per heavy atom. The van der Waals surface area contributed by atoms with Gasteiger partial charge in [0, 0.05) is 31.1 Å². The molecule has 0 unspecified atom stereocenters. The molecule has 3 amide bonds. The highest BCUT2D eigenvalue weighted by molar-refractivity contribution is 5.93. The Hall–Kier alpha value is -3.79. The van der Waals surface area contributed by atoms with Gasteiger partial charge in [-0.1, -0.05) is 45.0 Å². The first kappa shape index (κ1) is 29.7. The molecule has 0 saturated carbocycles.